The quantitative estimate of drug-likeness (QED) is 0.756. The standard InChI is InChI=1S/C15H11FN2O3/c1-8-2-3-10(7-13(8)20)15-17-14(18-21-15)9-4-5-12(19)11(16)6-9/h2-7,19-20H,1H3. The van der Waals surface area contributed by atoms with Crippen molar-refractivity contribution >= 4 is 0 Å². The Labute approximate surface area is 119 Å². The van der Waals surface area contributed by atoms with Crippen LogP contribution in [0.3, 0.4) is 0 Å². The number of aryl methyl sites for hydroxylation is 1. The van der Waals surface area contributed by atoms with Crippen molar-refractivity contribution in [2.75, 3.05) is 0 Å². The van der Waals surface area contributed by atoms with Gasteiger partial charge in [-0.25, -0.2) is 4.39 Å². The number of hydrogen-bond donors (Lipinski definition) is 2. The van der Waals surface area contributed by atoms with E-state index in [1.54, 1.807) is 19.1 Å². The summed E-state index contributed by atoms with van der Waals surface area (Å²) < 4.78 is 18.4. The van der Waals surface area contributed by atoms with Crippen LogP contribution in [0.1, 0.15) is 5.56 Å². The van der Waals surface area contributed by atoms with Gasteiger partial charge in [0.05, 0.1) is 0 Å². The Morgan fingerprint density at radius 1 is 1.00 bits per heavy atom. The molecule has 0 aliphatic rings. The van der Waals surface area contributed by atoms with Crippen LogP contribution in [0, 0.1) is 12.7 Å². The predicted molar refractivity (Wildman–Crippen MR) is 73.2 cm³/mol. The van der Waals surface area contributed by atoms with Crippen molar-refractivity contribution in [3.8, 4) is 34.3 Å². The Kier molecular flexibility index (Phi) is 3.06. The molecule has 106 valence electrons. The average Bonchev–Trinajstić information content (AvgIpc) is 2.94. The van der Waals surface area contributed by atoms with Crippen molar-refractivity contribution in [1.82, 2.24) is 10.1 Å². The van der Waals surface area contributed by atoms with E-state index in [4.69, 9.17) is 9.63 Å². The molecule has 0 saturated heterocycles. The number of aromatic nitrogens is 2. The molecule has 3 rings (SSSR count). The Hall–Kier alpha value is -2.89. The Bertz CT molecular complexity index is 748. The summed E-state index contributed by atoms with van der Waals surface area (Å²) in [7, 11) is 0. The van der Waals surface area contributed by atoms with Gasteiger partial charge in [-0.1, -0.05) is 11.2 Å². The van der Waals surface area contributed by atoms with Gasteiger partial charge in [-0.05, 0) is 42.8 Å². The van der Waals surface area contributed by atoms with E-state index < -0.39 is 11.6 Å². The summed E-state index contributed by atoms with van der Waals surface area (Å²) >= 11 is 0. The minimum absolute atomic E-state index is 0.128. The monoisotopic (exact) mass is 286 g/mol. The lowest BCUT2D eigenvalue weighted by molar-refractivity contribution is 0.429. The lowest BCUT2D eigenvalue weighted by Gasteiger charge is -1.99. The van der Waals surface area contributed by atoms with Crippen LogP contribution >= 0.6 is 0 Å². The minimum atomic E-state index is -0.758. The molecule has 0 spiro atoms. The van der Waals surface area contributed by atoms with E-state index in [9.17, 15) is 9.50 Å². The first-order valence-electron chi connectivity index (χ1n) is 6.17. The van der Waals surface area contributed by atoms with Gasteiger partial charge in [0.1, 0.15) is 5.75 Å². The van der Waals surface area contributed by atoms with E-state index in [0.29, 0.717) is 11.1 Å². The third-order valence-electron chi connectivity index (χ3n) is 3.09. The Morgan fingerprint density at radius 2 is 1.76 bits per heavy atom. The van der Waals surface area contributed by atoms with E-state index >= 15 is 0 Å². The first-order chi connectivity index (χ1) is 10.0. The smallest absolute Gasteiger partial charge is 0.258 e. The third kappa shape index (κ3) is 2.43. The summed E-state index contributed by atoms with van der Waals surface area (Å²) in [5.74, 6) is -0.654. The van der Waals surface area contributed by atoms with Gasteiger partial charge in [0.15, 0.2) is 11.6 Å². The second-order valence-corrected chi connectivity index (χ2v) is 4.59. The first-order valence-corrected chi connectivity index (χ1v) is 6.17. The summed E-state index contributed by atoms with van der Waals surface area (Å²) in [6.07, 6.45) is 0. The highest BCUT2D eigenvalue weighted by molar-refractivity contribution is 5.62. The highest BCUT2D eigenvalue weighted by Crippen LogP contribution is 2.28. The molecule has 0 atom stereocenters. The average molecular weight is 286 g/mol. The van der Waals surface area contributed by atoms with Gasteiger partial charge in [-0.15, -0.1) is 0 Å². The highest BCUT2D eigenvalue weighted by atomic mass is 19.1. The molecule has 5 nitrogen and oxygen atoms in total. The molecule has 2 aromatic carbocycles. The van der Waals surface area contributed by atoms with Crippen molar-refractivity contribution in [2.45, 2.75) is 6.92 Å². The van der Waals surface area contributed by atoms with Gasteiger partial charge in [-0.3, -0.25) is 0 Å². The van der Waals surface area contributed by atoms with Crippen LogP contribution in [0.2, 0.25) is 0 Å². The second-order valence-electron chi connectivity index (χ2n) is 4.59. The van der Waals surface area contributed by atoms with E-state index in [0.717, 1.165) is 11.6 Å². The Morgan fingerprint density at radius 3 is 2.48 bits per heavy atom. The maximum absolute atomic E-state index is 13.3. The Balaban J connectivity index is 1.99. The van der Waals surface area contributed by atoms with Crippen molar-refractivity contribution in [3.05, 3.63) is 47.8 Å². The molecule has 0 aliphatic heterocycles. The zero-order valence-electron chi connectivity index (χ0n) is 11.0. The molecule has 1 aromatic heterocycles. The van der Waals surface area contributed by atoms with Crippen LogP contribution in [-0.4, -0.2) is 20.4 Å². The van der Waals surface area contributed by atoms with Crippen LogP contribution in [0.4, 0.5) is 4.39 Å². The summed E-state index contributed by atoms with van der Waals surface area (Å²) in [6.45, 7) is 1.78. The third-order valence-corrected chi connectivity index (χ3v) is 3.09. The van der Waals surface area contributed by atoms with Crippen LogP contribution in [-0.2, 0) is 0 Å². The molecule has 1 heterocycles. The summed E-state index contributed by atoms with van der Waals surface area (Å²) in [4.78, 5) is 4.16. The van der Waals surface area contributed by atoms with Crippen LogP contribution in [0.25, 0.3) is 22.8 Å². The number of phenols is 2. The lowest BCUT2D eigenvalue weighted by Crippen LogP contribution is -1.84. The molecule has 21 heavy (non-hydrogen) atoms. The zero-order valence-corrected chi connectivity index (χ0v) is 11.0. The first kappa shape index (κ1) is 13.1. The van der Waals surface area contributed by atoms with Crippen molar-refractivity contribution < 1.29 is 19.1 Å². The van der Waals surface area contributed by atoms with Gasteiger partial charge in [0, 0.05) is 11.1 Å². The van der Waals surface area contributed by atoms with E-state index in [-0.39, 0.29) is 17.5 Å². The van der Waals surface area contributed by atoms with Gasteiger partial charge in [0.25, 0.3) is 5.89 Å². The molecular weight excluding hydrogens is 275 g/mol. The molecule has 0 bridgehead atoms. The zero-order chi connectivity index (χ0) is 15.0. The number of aromatic hydroxyl groups is 2. The van der Waals surface area contributed by atoms with Crippen molar-refractivity contribution in [3.63, 3.8) is 0 Å². The molecule has 2 N–H and O–H groups in total. The maximum Gasteiger partial charge on any atom is 0.258 e. The molecule has 0 saturated carbocycles. The van der Waals surface area contributed by atoms with Crippen molar-refractivity contribution in [2.24, 2.45) is 0 Å². The maximum atomic E-state index is 13.3. The molecule has 0 aliphatic carbocycles. The number of nitrogens with zero attached hydrogens (tertiary/aromatic N) is 2. The number of halogens is 1. The van der Waals surface area contributed by atoms with Gasteiger partial charge < -0.3 is 14.7 Å². The van der Waals surface area contributed by atoms with Gasteiger partial charge in [-0.2, -0.15) is 4.98 Å². The SMILES string of the molecule is Cc1ccc(-c2nc(-c3ccc(O)c(F)c3)no2)cc1O. The van der Waals surface area contributed by atoms with E-state index in [1.165, 1.54) is 18.2 Å². The van der Waals surface area contributed by atoms with Crippen LogP contribution in [0.5, 0.6) is 11.5 Å². The normalized spacial score (nSPS) is 10.8. The topological polar surface area (TPSA) is 79.4 Å². The number of benzene rings is 2. The van der Waals surface area contributed by atoms with Gasteiger partial charge in [0.2, 0.25) is 5.82 Å². The molecule has 0 radical (unpaired) electrons. The lowest BCUT2D eigenvalue weighted by atomic mass is 10.1. The number of rotatable bonds is 2. The second kappa shape index (κ2) is 4.90. The van der Waals surface area contributed by atoms with Crippen molar-refractivity contribution in [1.29, 1.82) is 0 Å². The number of hydrogen-bond acceptors (Lipinski definition) is 5. The summed E-state index contributed by atoms with van der Waals surface area (Å²) in [5, 5.41) is 22.6. The number of phenolic OH excluding ortho intramolecular Hbond substituents is 2. The highest BCUT2D eigenvalue weighted by Gasteiger charge is 2.13. The molecule has 3 aromatic rings. The molecule has 0 unspecified atom stereocenters. The van der Waals surface area contributed by atoms with Gasteiger partial charge >= 0.3 is 0 Å². The molecular formula is C15H11FN2O3. The molecule has 0 amide bonds. The van der Waals surface area contributed by atoms with E-state index in [2.05, 4.69) is 10.1 Å². The van der Waals surface area contributed by atoms with Crippen LogP contribution < -0.4 is 0 Å². The molecule has 0 fully saturated rings. The fourth-order valence-electron chi connectivity index (χ4n) is 1.85. The van der Waals surface area contributed by atoms with Crippen LogP contribution in [0.15, 0.2) is 40.9 Å². The summed E-state index contributed by atoms with van der Waals surface area (Å²) in [5.41, 5.74) is 1.69. The fourth-order valence-corrected chi connectivity index (χ4v) is 1.85. The minimum Gasteiger partial charge on any atom is -0.508 e. The summed E-state index contributed by atoms with van der Waals surface area (Å²) in [6, 6.07) is 8.82. The molecule has 6 heteroatoms. The fraction of sp³-hybridized carbons (Fsp3) is 0.0667. The van der Waals surface area contributed by atoms with E-state index in [1.807, 2.05) is 0 Å². The largest absolute Gasteiger partial charge is 0.508 e. The predicted octanol–water partition coefficient (Wildman–Crippen LogP) is 3.26.